The highest BCUT2D eigenvalue weighted by molar-refractivity contribution is 7.11. The molecule has 2 rings (SSSR count). The van der Waals surface area contributed by atoms with Gasteiger partial charge in [-0.05, 0) is 34.6 Å². The van der Waals surface area contributed by atoms with Crippen molar-refractivity contribution in [2.24, 2.45) is 0 Å². The molecule has 6 heteroatoms. The highest BCUT2D eigenvalue weighted by Gasteiger charge is 2.16. The molecule has 2 aromatic rings. The second-order valence-electron chi connectivity index (χ2n) is 5.01. The van der Waals surface area contributed by atoms with Crippen LogP contribution >= 0.6 is 11.3 Å². The van der Waals surface area contributed by atoms with Crippen LogP contribution in [0.2, 0.25) is 0 Å². The third-order valence-corrected chi connectivity index (χ3v) is 4.29. The summed E-state index contributed by atoms with van der Waals surface area (Å²) in [7, 11) is 0. The zero-order chi connectivity index (χ0) is 14.9. The molecule has 0 unspecified atom stereocenters. The zero-order valence-electron chi connectivity index (χ0n) is 12.5. The normalized spacial score (nSPS) is 12.4. The van der Waals surface area contributed by atoms with E-state index in [1.165, 1.54) is 0 Å². The number of amides is 1. The number of thiazole rings is 1. The van der Waals surface area contributed by atoms with Crippen LogP contribution in [-0.2, 0) is 11.3 Å². The Morgan fingerprint density at radius 1 is 1.40 bits per heavy atom. The first-order chi connectivity index (χ1) is 9.38. The van der Waals surface area contributed by atoms with Crippen LogP contribution in [0.5, 0.6) is 0 Å². The van der Waals surface area contributed by atoms with E-state index in [0.717, 1.165) is 27.0 Å². The van der Waals surface area contributed by atoms with Crippen LogP contribution in [0.1, 0.15) is 39.9 Å². The van der Waals surface area contributed by atoms with Crippen LogP contribution in [0.25, 0.3) is 0 Å². The highest BCUT2D eigenvalue weighted by atomic mass is 32.1. The van der Waals surface area contributed by atoms with Gasteiger partial charge in [-0.3, -0.25) is 4.79 Å². The highest BCUT2D eigenvalue weighted by Crippen LogP contribution is 2.22. The summed E-state index contributed by atoms with van der Waals surface area (Å²) in [4.78, 5) is 21.9. The van der Waals surface area contributed by atoms with Gasteiger partial charge in [0.15, 0.2) is 0 Å². The lowest BCUT2D eigenvalue weighted by molar-refractivity contribution is -0.122. The minimum atomic E-state index is -0.0719. The topological polar surface area (TPSA) is 59.8 Å². The van der Waals surface area contributed by atoms with Crippen molar-refractivity contribution in [2.75, 3.05) is 0 Å². The van der Waals surface area contributed by atoms with Gasteiger partial charge in [0.2, 0.25) is 5.91 Å². The summed E-state index contributed by atoms with van der Waals surface area (Å²) >= 11 is 1.66. The molecule has 108 valence electrons. The first kappa shape index (κ1) is 14.7. The van der Waals surface area contributed by atoms with Gasteiger partial charge in [-0.2, -0.15) is 0 Å². The van der Waals surface area contributed by atoms with Crippen molar-refractivity contribution in [3.63, 3.8) is 0 Å². The molecule has 0 aliphatic carbocycles. The Hall–Kier alpha value is -1.69. The molecule has 0 spiro atoms. The van der Waals surface area contributed by atoms with E-state index in [-0.39, 0.29) is 11.9 Å². The van der Waals surface area contributed by atoms with E-state index in [4.69, 9.17) is 0 Å². The van der Waals surface area contributed by atoms with Crippen molar-refractivity contribution in [3.8, 4) is 0 Å². The lowest BCUT2D eigenvalue weighted by atomic mass is 10.2. The van der Waals surface area contributed by atoms with Crippen molar-refractivity contribution >= 4 is 17.2 Å². The number of hydrogen-bond donors (Lipinski definition) is 1. The summed E-state index contributed by atoms with van der Waals surface area (Å²) in [6, 6.07) is -0.0719. The fourth-order valence-corrected chi connectivity index (χ4v) is 3.07. The van der Waals surface area contributed by atoms with E-state index in [9.17, 15) is 4.79 Å². The van der Waals surface area contributed by atoms with Crippen molar-refractivity contribution in [3.05, 3.63) is 33.3 Å². The molecule has 0 aliphatic rings. The maximum absolute atomic E-state index is 12.1. The van der Waals surface area contributed by atoms with E-state index in [1.807, 2.05) is 39.2 Å². The number of nitrogens with one attached hydrogen (secondary N) is 1. The number of aryl methyl sites for hydroxylation is 3. The lowest BCUT2D eigenvalue weighted by Crippen LogP contribution is -2.30. The monoisotopic (exact) mass is 292 g/mol. The van der Waals surface area contributed by atoms with Crippen LogP contribution in [0.15, 0.2) is 6.33 Å². The Morgan fingerprint density at radius 3 is 2.60 bits per heavy atom. The smallest absolute Gasteiger partial charge is 0.240 e. The summed E-state index contributed by atoms with van der Waals surface area (Å²) in [6.07, 6.45) is 1.70. The maximum atomic E-state index is 12.1. The molecular formula is C14H20N4OS. The summed E-state index contributed by atoms with van der Waals surface area (Å²) in [5, 5.41) is 4.02. The van der Waals surface area contributed by atoms with Crippen LogP contribution in [-0.4, -0.2) is 20.4 Å². The molecule has 2 aromatic heterocycles. The molecule has 0 fully saturated rings. The van der Waals surface area contributed by atoms with Gasteiger partial charge < -0.3 is 9.88 Å². The number of rotatable bonds is 4. The largest absolute Gasteiger partial charge is 0.346 e. The molecule has 0 aromatic carbocycles. The van der Waals surface area contributed by atoms with Gasteiger partial charge in [-0.1, -0.05) is 0 Å². The molecule has 1 N–H and O–H groups in total. The Bertz CT molecular complexity index is 629. The quantitative estimate of drug-likeness (QED) is 0.941. The van der Waals surface area contributed by atoms with Crippen molar-refractivity contribution in [1.82, 2.24) is 19.9 Å². The van der Waals surface area contributed by atoms with E-state index in [2.05, 4.69) is 15.3 Å². The van der Waals surface area contributed by atoms with Gasteiger partial charge in [0.05, 0.1) is 28.8 Å². The van der Waals surface area contributed by atoms with Crippen LogP contribution in [0.4, 0.5) is 0 Å². The number of nitrogens with zero attached hydrogens (tertiary/aromatic N) is 3. The number of aromatic nitrogens is 3. The van der Waals surface area contributed by atoms with Gasteiger partial charge in [0.1, 0.15) is 6.54 Å². The first-order valence-corrected chi connectivity index (χ1v) is 7.41. The first-order valence-electron chi connectivity index (χ1n) is 6.60. The SMILES string of the molecule is Cc1nc([C@@H](C)NC(=O)Cn2cnc(C)c2C)c(C)s1. The lowest BCUT2D eigenvalue weighted by Gasteiger charge is -2.13. The van der Waals surface area contributed by atoms with Gasteiger partial charge in [0, 0.05) is 10.6 Å². The second kappa shape index (κ2) is 5.75. The molecule has 2 heterocycles. The minimum absolute atomic E-state index is 0.0250. The van der Waals surface area contributed by atoms with E-state index < -0.39 is 0 Å². The average molecular weight is 292 g/mol. The molecule has 0 saturated heterocycles. The van der Waals surface area contributed by atoms with Gasteiger partial charge >= 0.3 is 0 Å². The molecule has 20 heavy (non-hydrogen) atoms. The Morgan fingerprint density at radius 2 is 2.10 bits per heavy atom. The Labute approximate surface area is 123 Å². The summed E-state index contributed by atoms with van der Waals surface area (Å²) < 4.78 is 1.86. The molecule has 0 bridgehead atoms. The van der Waals surface area contributed by atoms with Crippen LogP contribution in [0, 0.1) is 27.7 Å². The fourth-order valence-electron chi connectivity index (χ4n) is 2.16. The van der Waals surface area contributed by atoms with Crippen LogP contribution in [0.3, 0.4) is 0 Å². The molecule has 0 radical (unpaired) electrons. The van der Waals surface area contributed by atoms with E-state index >= 15 is 0 Å². The number of carbonyl (C=O) groups excluding carboxylic acids is 1. The number of imidazole rings is 1. The van der Waals surface area contributed by atoms with Gasteiger partial charge in [0.25, 0.3) is 0 Å². The molecule has 5 nitrogen and oxygen atoms in total. The number of carbonyl (C=O) groups is 1. The second-order valence-corrected chi connectivity index (χ2v) is 6.41. The molecule has 1 amide bonds. The van der Waals surface area contributed by atoms with Gasteiger partial charge in [-0.15, -0.1) is 11.3 Å². The van der Waals surface area contributed by atoms with Crippen LogP contribution < -0.4 is 5.32 Å². The summed E-state index contributed by atoms with van der Waals surface area (Å²) in [5.41, 5.74) is 2.93. The fraction of sp³-hybridized carbons (Fsp3) is 0.500. The molecular weight excluding hydrogens is 272 g/mol. The van der Waals surface area contributed by atoms with Gasteiger partial charge in [-0.25, -0.2) is 9.97 Å². The third-order valence-electron chi connectivity index (χ3n) is 3.39. The average Bonchev–Trinajstić information content (AvgIpc) is 2.85. The molecule has 0 saturated carbocycles. The molecule has 0 aliphatic heterocycles. The van der Waals surface area contributed by atoms with E-state index in [1.54, 1.807) is 17.7 Å². The predicted molar refractivity (Wildman–Crippen MR) is 79.8 cm³/mol. The summed E-state index contributed by atoms with van der Waals surface area (Å²) in [5.74, 6) is -0.0250. The zero-order valence-corrected chi connectivity index (χ0v) is 13.3. The third kappa shape index (κ3) is 3.07. The summed E-state index contributed by atoms with van der Waals surface area (Å²) in [6.45, 7) is 10.2. The van der Waals surface area contributed by atoms with Crippen molar-refractivity contribution in [1.29, 1.82) is 0 Å². The Balaban J connectivity index is 2.01. The Kier molecular flexibility index (Phi) is 4.23. The van der Waals surface area contributed by atoms with E-state index in [0.29, 0.717) is 6.54 Å². The predicted octanol–water partition coefficient (Wildman–Crippen LogP) is 2.45. The minimum Gasteiger partial charge on any atom is -0.346 e. The number of hydrogen-bond acceptors (Lipinski definition) is 4. The standard InChI is InChI=1S/C14H20N4OS/c1-8-10(3)18(7-15-8)6-13(19)16-9(2)14-11(4)20-12(5)17-14/h7,9H,6H2,1-5H3,(H,16,19)/t9-/m1/s1. The maximum Gasteiger partial charge on any atom is 0.240 e. The molecule has 1 atom stereocenters. The van der Waals surface area contributed by atoms with Crippen molar-refractivity contribution in [2.45, 2.75) is 47.2 Å². The van der Waals surface area contributed by atoms with Crippen molar-refractivity contribution < 1.29 is 4.79 Å².